The van der Waals surface area contributed by atoms with Crippen molar-refractivity contribution < 1.29 is 18.0 Å². The highest BCUT2D eigenvalue weighted by Gasteiger charge is 2.30. The molecule has 0 aliphatic carbocycles. The van der Waals surface area contributed by atoms with E-state index in [2.05, 4.69) is 14.9 Å². The van der Waals surface area contributed by atoms with Gasteiger partial charge in [0.25, 0.3) is 5.91 Å². The Morgan fingerprint density at radius 2 is 1.55 bits per heavy atom. The molecule has 1 aliphatic rings. The molecule has 0 bridgehead atoms. The summed E-state index contributed by atoms with van der Waals surface area (Å²) in [5.41, 5.74) is 3.51. The number of amides is 2. The van der Waals surface area contributed by atoms with Gasteiger partial charge in [0, 0.05) is 43.2 Å². The summed E-state index contributed by atoms with van der Waals surface area (Å²) in [5.74, 6) is -0.459. The van der Waals surface area contributed by atoms with Gasteiger partial charge in [-0.3, -0.25) is 14.3 Å². The molecule has 1 atom stereocenters. The van der Waals surface area contributed by atoms with Crippen molar-refractivity contribution in [2.45, 2.75) is 19.4 Å². The van der Waals surface area contributed by atoms with Gasteiger partial charge in [-0.25, -0.2) is 8.42 Å². The van der Waals surface area contributed by atoms with E-state index in [0.717, 1.165) is 23.1 Å². The van der Waals surface area contributed by atoms with Gasteiger partial charge in [-0.1, -0.05) is 54.1 Å². The van der Waals surface area contributed by atoms with E-state index >= 15 is 0 Å². The Morgan fingerprint density at radius 1 is 0.921 bits per heavy atom. The monoisotopic (exact) mass is 554 g/mol. The highest BCUT2D eigenvalue weighted by atomic mass is 35.5. The van der Waals surface area contributed by atoms with Crippen LogP contribution in [0.25, 0.3) is 0 Å². The van der Waals surface area contributed by atoms with Gasteiger partial charge in [-0.2, -0.15) is 0 Å². The lowest BCUT2D eigenvalue weighted by Gasteiger charge is -2.38. The standard InChI is InChI=1S/C28H31ClN4O4S/c1-20-7-3-4-8-23(20)27(34)30-25(19-21-11-13-22(29)14-12-21)28(35)33-17-15-32(16-18-33)26-10-6-5-9-24(26)31-38(2,36)37/h3-14,25,31H,15-19H2,1-2H3,(H,30,34). The zero-order chi connectivity index (χ0) is 27.3. The van der Waals surface area contributed by atoms with Gasteiger partial charge in [0.15, 0.2) is 0 Å². The number of para-hydroxylation sites is 2. The second-order valence-electron chi connectivity index (χ2n) is 9.38. The second kappa shape index (κ2) is 11.9. The molecule has 1 heterocycles. The first-order chi connectivity index (χ1) is 18.1. The first kappa shape index (κ1) is 27.5. The number of aryl methyl sites for hydroxylation is 1. The molecule has 200 valence electrons. The molecule has 38 heavy (non-hydrogen) atoms. The molecule has 3 aromatic rings. The molecule has 8 nitrogen and oxygen atoms in total. The van der Waals surface area contributed by atoms with E-state index in [1.807, 2.05) is 43.3 Å². The molecule has 4 rings (SSSR count). The van der Waals surface area contributed by atoms with Gasteiger partial charge in [0.1, 0.15) is 6.04 Å². The molecule has 1 unspecified atom stereocenters. The van der Waals surface area contributed by atoms with Gasteiger partial charge < -0.3 is 15.1 Å². The number of carbonyl (C=O) groups is 2. The topological polar surface area (TPSA) is 98.8 Å². The largest absolute Gasteiger partial charge is 0.366 e. The fraction of sp³-hybridized carbons (Fsp3) is 0.286. The lowest BCUT2D eigenvalue weighted by Crippen LogP contribution is -2.55. The second-order valence-corrected chi connectivity index (χ2v) is 11.6. The number of rotatable bonds is 8. The fourth-order valence-corrected chi connectivity index (χ4v) is 5.24. The number of anilines is 2. The fourth-order valence-electron chi connectivity index (χ4n) is 4.54. The van der Waals surface area contributed by atoms with Crippen molar-refractivity contribution >= 4 is 44.8 Å². The molecule has 1 fully saturated rings. The lowest BCUT2D eigenvalue weighted by molar-refractivity contribution is -0.133. The summed E-state index contributed by atoms with van der Waals surface area (Å²) in [6.07, 6.45) is 1.45. The minimum atomic E-state index is -3.43. The van der Waals surface area contributed by atoms with E-state index in [1.54, 1.807) is 41.3 Å². The van der Waals surface area contributed by atoms with Crippen LogP contribution in [0.15, 0.2) is 72.8 Å². The smallest absolute Gasteiger partial charge is 0.252 e. The number of benzene rings is 3. The summed E-state index contributed by atoms with van der Waals surface area (Å²) in [7, 11) is -3.43. The van der Waals surface area contributed by atoms with E-state index in [0.29, 0.717) is 48.9 Å². The van der Waals surface area contributed by atoms with Gasteiger partial charge >= 0.3 is 0 Å². The average molecular weight is 555 g/mol. The molecule has 0 spiro atoms. The van der Waals surface area contributed by atoms with E-state index in [1.165, 1.54) is 0 Å². The third kappa shape index (κ3) is 7.05. The van der Waals surface area contributed by atoms with Gasteiger partial charge in [-0.05, 0) is 48.4 Å². The minimum absolute atomic E-state index is 0.163. The summed E-state index contributed by atoms with van der Waals surface area (Å²) in [4.78, 5) is 30.6. The quantitative estimate of drug-likeness (QED) is 0.442. The van der Waals surface area contributed by atoms with Gasteiger partial charge in [-0.15, -0.1) is 0 Å². The Morgan fingerprint density at radius 3 is 2.21 bits per heavy atom. The number of sulfonamides is 1. The van der Waals surface area contributed by atoms with Gasteiger partial charge in [0.2, 0.25) is 15.9 Å². The van der Waals surface area contributed by atoms with Gasteiger partial charge in [0.05, 0.1) is 17.6 Å². The normalized spacial score (nSPS) is 14.6. The van der Waals surface area contributed by atoms with Crippen LogP contribution in [0.3, 0.4) is 0 Å². The van der Waals surface area contributed by atoms with Crippen LogP contribution in [-0.4, -0.2) is 63.6 Å². The SMILES string of the molecule is Cc1ccccc1C(=O)NC(Cc1ccc(Cl)cc1)C(=O)N1CCN(c2ccccc2NS(C)(=O)=O)CC1. The number of halogens is 1. The summed E-state index contributed by atoms with van der Waals surface area (Å²) < 4.78 is 26.2. The predicted molar refractivity (Wildman–Crippen MR) is 151 cm³/mol. The summed E-state index contributed by atoms with van der Waals surface area (Å²) in [5, 5.41) is 3.56. The molecule has 1 saturated heterocycles. The number of carbonyl (C=O) groups excluding carboxylic acids is 2. The molecule has 0 aromatic heterocycles. The number of nitrogens with one attached hydrogen (secondary N) is 2. The zero-order valence-electron chi connectivity index (χ0n) is 21.4. The maximum absolute atomic E-state index is 13.7. The maximum Gasteiger partial charge on any atom is 0.252 e. The average Bonchev–Trinajstić information content (AvgIpc) is 2.89. The Bertz CT molecular complexity index is 1400. The highest BCUT2D eigenvalue weighted by Crippen LogP contribution is 2.27. The molecular formula is C28H31ClN4O4S. The number of piperazine rings is 1. The Balaban J connectivity index is 1.49. The van der Waals surface area contributed by atoms with Crippen molar-refractivity contribution in [3.8, 4) is 0 Å². The Labute approximate surface area is 228 Å². The van der Waals surface area contributed by atoms with Crippen LogP contribution < -0.4 is 14.9 Å². The summed E-state index contributed by atoms with van der Waals surface area (Å²) in [6, 6.07) is 21.0. The van der Waals surface area contributed by atoms with Crippen LogP contribution >= 0.6 is 11.6 Å². The van der Waals surface area contributed by atoms with Crippen molar-refractivity contribution in [2.24, 2.45) is 0 Å². The predicted octanol–water partition coefficient (Wildman–Crippen LogP) is 3.71. The summed E-state index contributed by atoms with van der Waals surface area (Å²) in [6.45, 7) is 3.77. The molecule has 3 aromatic carbocycles. The van der Waals surface area contributed by atoms with Crippen molar-refractivity contribution in [1.82, 2.24) is 10.2 Å². The van der Waals surface area contributed by atoms with Crippen LogP contribution in [0.4, 0.5) is 11.4 Å². The third-order valence-electron chi connectivity index (χ3n) is 6.48. The lowest BCUT2D eigenvalue weighted by atomic mass is 10.0. The van der Waals surface area contributed by atoms with E-state index in [-0.39, 0.29) is 11.8 Å². The van der Waals surface area contributed by atoms with E-state index in [9.17, 15) is 18.0 Å². The first-order valence-electron chi connectivity index (χ1n) is 12.3. The molecule has 0 radical (unpaired) electrons. The van der Waals surface area contributed by atoms with Crippen molar-refractivity contribution in [3.63, 3.8) is 0 Å². The molecule has 10 heteroatoms. The van der Waals surface area contributed by atoms with Crippen molar-refractivity contribution in [1.29, 1.82) is 0 Å². The van der Waals surface area contributed by atoms with Crippen molar-refractivity contribution in [3.05, 3.63) is 94.5 Å². The van der Waals surface area contributed by atoms with Crippen LogP contribution in [0.2, 0.25) is 5.02 Å². The Hall–Kier alpha value is -3.56. The number of hydrogen-bond donors (Lipinski definition) is 2. The zero-order valence-corrected chi connectivity index (χ0v) is 22.9. The Kier molecular flexibility index (Phi) is 8.58. The molecule has 2 amide bonds. The number of nitrogens with zero attached hydrogens (tertiary/aromatic N) is 2. The van der Waals surface area contributed by atoms with Crippen LogP contribution in [0.5, 0.6) is 0 Å². The maximum atomic E-state index is 13.7. The van der Waals surface area contributed by atoms with Crippen LogP contribution in [-0.2, 0) is 21.2 Å². The minimum Gasteiger partial charge on any atom is -0.366 e. The molecular weight excluding hydrogens is 524 g/mol. The first-order valence-corrected chi connectivity index (χ1v) is 14.6. The third-order valence-corrected chi connectivity index (χ3v) is 7.32. The van der Waals surface area contributed by atoms with E-state index < -0.39 is 16.1 Å². The summed E-state index contributed by atoms with van der Waals surface area (Å²) >= 11 is 6.04. The molecule has 1 aliphatic heterocycles. The van der Waals surface area contributed by atoms with Crippen molar-refractivity contribution in [2.75, 3.05) is 42.1 Å². The van der Waals surface area contributed by atoms with Crippen LogP contribution in [0, 0.1) is 6.92 Å². The number of hydrogen-bond acceptors (Lipinski definition) is 5. The van der Waals surface area contributed by atoms with E-state index in [4.69, 9.17) is 11.6 Å². The highest BCUT2D eigenvalue weighted by molar-refractivity contribution is 7.92. The molecule has 2 N–H and O–H groups in total. The van der Waals surface area contributed by atoms with Crippen LogP contribution in [0.1, 0.15) is 21.5 Å². The molecule has 0 saturated carbocycles.